The van der Waals surface area contributed by atoms with E-state index in [2.05, 4.69) is 4.98 Å². The van der Waals surface area contributed by atoms with Gasteiger partial charge in [-0.15, -0.1) is 0 Å². The number of oxazole rings is 1. The molecule has 0 fully saturated rings. The Morgan fingerprint density at radius 3 is 2.95 bits per heavy atom. The average Bonchev–Trinajstić information content (AvgIpc) is 2.67. The van der Waals surface area contributed by atoms with Crippen LogP contribution in [0, 0.1) is 12.7 Å². The van der Waals surface area contributed by atoms with Crippen LogP contribution in [0.4, 0.5) is 4.39 Å². The monoisotopic (exact) mass is 261 g/mol. The smallest absolute Gasteiger partial charge is 0.309 e. The van der Waals surface area contributed by atoms with Gasteiger partial charge in [-0.05, 0) is 30.7 Å². The Labute approximate surface area is 109 Å². The highest BCUT2D eigenvalue weighted by Gasteiger charge is 2.10. The van der Waals surface area contributed by atoms with E-state index in [4.69, 9.17) is 9.52 Å². The first-order valence-electron chi connectivity index (χ1n) is 5.66. The summed E-state index contributed by atoms with van der Waals surface area (Å²) in [6.07, 6.45) is 3.05. The van der Waals surface area contributed by atoms with Gasteiger partial charge in [-0.3, -0.25) is 4.79 Å². The van der Waals surface area contributed by atoms with Gasteiger partial charge in [-0.1, -0.05) is 12.1 Å². The largest absolute Gasteiger partial charge is 0.481 e. The highest BCUT2D eigenvalue weighted by molar-refractivity contribution is 5.70. The summed E-state index contributed by atoms with van der Waals surface area (Å²) in [5.41, 5.74) is 1.07. The van der Waals surface area contributed by atoms with E-state index in [-0.39, 0.29) is 12.2 Å². The zero-order valence-electron chi connectivity index (χ0n) is 10.3. The molecule has 2 rings (SSSR count). The minimum atomic E-state index is -0.961. The van der Waals surface area contributed by atoms with Crippen molar-refractivity contribution in [1.29, 1.82) is 0 Å². The normalized spacial score (nSPS) is 11.1. The van der Waals surface area contributed by atoms with E-state index in [1.54, 1.807) is 31.2 Å². The molecule has 1 N–H and O–H groups in total. The number of benzene rings is 1. The quantitative estimate of drug-likeness (QED) is 0.919. The third-order valence-electron chi connectivity index (χ3n) is 2.49. The molecule has 0 aliphatic heterocycles. The van der Waals surface area contributed by atoms with Gasteiger partial charge in [0.2, 0.25) is 5.89 Å². The van der Waals surface area contributed by atoms with Gasteiger partial charge in [0.05, 0.1) is 12.1 Å². The second kappa shape index (κ2) is 5.48. The predicted octanol–water partition coefficient (Wildman–Crippen LogP) is 2.92. The molecule has 0 radical (unpaired) electrons. The van der Waals surface area contributed by atoms with Crippen LogP contribution in [0.15, 0.2) is 28.7 Å². The summed E-state index contributed by atoms with van der Waals surface area (Å²) in [6.45, 7) is 1.66. The highest BCUT2D eigenvalue weighted by atomic mass is 19.1. The molecule has 5 heteroatoms. The van der Waals surface area contributed by atoms with E-state index >= 15 is 0 Å². The van der Waals surface area contributed by atoms with Gasteiger partial charge in [-0.25, -0.2) is 9.37 Å². The zero-order chi connectivity index (χ0) is 13.8. The number of hydrogen-bond donors (Lipinski definition) is 1. The van der Waals surface area contributed by atoms with E-state index in [0.717, 1.165) is 0 Å². The Bertz CT molecular complexity index is 631. The fourth-order valence-corrected chi connectivity index (χ4v) is 1.61. The van der Waals surface area contributed by atoms with Crippen LogP contribution in [0.3, 0.4) is 0 Å². The summed E-state index contributed by atoms with van der Waals surface area (Å²) in [5, 5.41) is 8.70. The molecule has 19 heavy (non-hydrogen) atoms. The molecule has 0 unspecified atom stereocenters. The maximum atomic E-state index is 13.0. The van der Waals surface area contributed by atoms with Crippen molar-refractivity contribution in [2.75, 3.05) is 0 Å². The Morgan fingerprint density at radius 2 is 2.26 bits per heavy atom. The van der Waals surface area contributed by atoms with E-state index in [0.29, 0.717) is 22.9 Å². The maximum Gasteiger partial charge on any atom is 0.309 e. The van der Waals surface area contributed by atoms with E-state index in [1.807, 2.05) is 0 Å². The predicted molar refractivity (Wildman–Crippen MR) is 67.9 cm³/mol. The van der Waals surface area contributed by atoms with Crippen molar-refractivity contribution in [3.8, 4) is 0 Å². The van der Waals surface area contributed by atoms with Crippen LogP contribution in [0.5, 0.6) is 0 Å². The molecule has 4 nitrogen and oxygen atoms in total. The number of aliphatic carboxylic acids is 1. The summed E-state index contributed by atoms with van der Waals surface area (Å²) in [7, 11) is 0. The SMILES string of the molecule is Cc1oc(/C=C/c2cccc(F)c2)nc1CC(=O)O. The van der Waals surface area contributed by atoms with Crippen LogP contribution < -0.4 is 0 Å². The van der Waals surface area contributed by atoms with Gasteiger partial charge >= 0.3 is 5.97 Å². The number of nitrogens with zero attached hydrogens (tertiary/aromatic N) is 1. The van der Waals surface area contributed by atoms with Crippen LogP contribution in [0.2, 0.25) is 0 Å². The van der Waals surface area contributed by atoms with Crippen molar-refractivity contribution in [1.82, 2.24) is 4.98 Å². The van der Waals surface area contributed by atoms with Crippen molar-refractivity contribution in [3.63, 3.8) is 0 Å². The Hall–Kier alpha value is -2.43. The lowest BCUT2D eigenvalue weighted by molar-refractivity contribution is -0.136. The molecule has 0 atom stereocenters. The van der Waals surface area contributed by atoms with Crippen LogP contribution in [0.1, 0.15) is 22.9 Å². The van der Waals surface area contributed by atoms with Gasteiger partial charge in [0, 0.05) is 6.08 Å². The second-order valence-electron chi connectivity index (χ2n) is 4.01. The molecule has 1 aromatic heterocycles. The number of hydrogen-bond acceptors (Lipinski definition) is 3. The topological polar surface area (TPSA) is 63.3 Å². The molecule has 1 aromatic carbocycles. The number of carbonyl (C=O) groups is 1. The molecule has 1 heterocycles. The Kier molecular flexibility index (Phi) is 3.75. The Morgan fingerprint density at radius 1 is 1.47 bits per heavy atom. The van der Waals surface area contributed by atoms with Gasteiger partial charge in [0.1, 0.15) is 11.6 Å². The summed E-state index contributed by atoms with van der Waals surface area (Å²) >= 11 is 0. The summed E-state index contributed by atoms with van der Waals surface area (Å²) in [6, 6.07) is 6.08. The van der Waals surface area contributed by atoms with E-state index in [9.17, 15) is 9.18 Å². The first-order valence-corrected chi connectivity index (χ1v) is 5.66. The summed E-state index contributed by atoms with van der Waals surface area (Å²) in [5.74, 6) is -0.506. The lowest BCUT2D eigenvalue weighted by Crippen LogP contribution is -2.01. The van der Waals surface area contributed by atoms with Crippen LogP contribution in [-0.4, -0.2) is 16.1 Å². The molecule has 98 valence electrons. The van der Waals surface area contributed by atoms with Crippen molar-refractivity contribution in [2.45, 2.75) is 13.3 Å². The molecule has 0 aliphatic rings. The molecular weight excluding hydrogens is 249 g/mol. The first-order chi connectivity index (χ1) is 9.04. The van der Waals surface area contributed by atoms with E-state index < -0.39 is 5.97 Å². The minimum Gasteiger partial charge on any atom is -0.481 e. The fraction of sp³-hybridized carbons (Fsp3) is 0.143. The van der Waals surface area contributed by atoms with Crippen molar-refractivity contribution < 1.29 is 18.7 Å². The number of aryl methyl sites for hydroxylation is 1. The number of halogens is 1. The van der Waals surface area contributed by atoms with Gasteiger partial charge in [0.25, 0.3) is 0 Å². The van der Waals surface area contributed by atoms with Crippen molar-refractivity contribution in [3.05, 3.63) is 53.0 Å². The lowest BCUT2D eigenvalue weighted by atomic mass is 10.2. The number of carboxylic acids is 1. The van der Waals surface area contributed by atoms with E-state index in [1.165, 1.54) is 12.1 Å². The maximum absolute atomic E-state index is 13.0. The van der Waals surface area contributed by atoms with Gasteiger partial charge in [-0.2, -0.15) is 0 Å². The minimum absolute atomic E-state index is 0.177. The summed E-state index contributed by atoms with van der Waals surface area (Å²) < 4.78 is 18.3. The van der Waals surface area contributed by atoms with Gasteiger partial charge in [0.15, 0.2) is 0 Å². The third-order valence-corrected chi connectivity index (χ3v) is 2.49. The van der Waals surface area contributed by atoms with Crippen LogP contribution in [-0.2, 0) is 11.2 Å². The van der Waals surface area contributed by atoms with Crippen molar-refractivity contribution >= 4 is 18.1 Å². The highest BCUT2D eigenvalue weighted by Crippen LogP contribution is 2.14. The number of carboxylic acid groups (broad SMARTS) is 1. The lowest BCUT2D eigenvalue weighted by Gasteiger charge is -1.91. The standard InChI is InChI=1S/C14H12FNO3/c1-9-12(8-14(17)18)16-13(19-9)6-5-10-3-2-4-11(15)7-10/h2-7H,8H2,1H3,(H,17,18)/b6-5+. The average molecular weight is 261 g/mol. The molecule has 0 amide bonds. The zero-order valence-corrected chi connectivity index (χ0v) is 10.3. The second-order valence-corrected chi connectivity index (χ2v) is 4.01. The third kappa shape index (κ3) is 3.51. The Balaban J connectivity index is 2.17. The molecule has 0 bridgehead atoms. The number of aromatic nitrogens is 1. The van der Waals surface area contributed by atoms with Crippen molar-refractivity contribution in [2.24, 2.45) is 0 Å². The number of rotatable bonds is 4. The van der Waals surface area contributed by atoms with Crippen LogP contribution in [0.25, 0.3) is 12.2 Å². The fourth-order valence-electron chi connectivity index (χ4n) is 1.61. The summed E-state index contributed by atoms with van der Waals surface area (Å²) in [4.78, 5) is 14.7. The molecule has 2 aromatic rings. The van der Waals surface area contributed by atoms with Crippen LogP contribution >= 0.6 is 0 Å². The molecule has 0 saturated carbocycles. The molecule has 0 aliphatic carbocycles. The van der Waals surface area contributed by atoms with Gasteiger partial charge < -0.3 is 9.52 Å². The molecule has 0 saturated heterocycles. The molecule has 0 spiro atoms. The first kappa shape index (κ1) is 13.0. The molecular formula is C14H12FNO3.